The predicted molar refractivity (Wildman–Crippen MR) is 81.1 cm³/mol. The number of carbonyl (C=O) groups is 1. The van der Waals surface area contributed by atoms with Gasteiger partial charge in [-0.25, -0.2) is 13.6 Å². The van der Waals surface area contributed by atoms with Gasteiger partial charge in [-0.15, -0.1) is 0 Å². The minimum absolute atomic E-state index is 0.160. The number of amides is 2. The van der Waals surface area contributed by atoms with E-state index in [2.05, 4.69) is 5.32 Å². The van der Waals surface area contributed by atoms with Gasteiger partial charge in [0.1, 0.15) is 6.10 Å². The number of aliphatic hydroxyl groups excluding tert-OH is 1. The predicted octanol–water partition coefficient (Wildman–Crippen LogP) is -0.112. The van der Waals surface area contributed by atoms with Crippen LogP contribution in [0.1, 0.15) is 12.8 Å². The number of piperidine rings is 1. The molecule has 0 aliphatic carbocycles. The number of rotatable bonds is 3. The van der Waals surface area contributed by atoms with E-state index >= 15 is 0 Å². The average molecular weight is 349 g/mol. The van der Waals surface area contributed by atoms with Gasteiger partial charge in [0.05, 0.1) is 32.0 Å². The summed E-state index contributed by atoms with van der Waals surface area (Å²) in [4.78, 5) is 15.7. The van der Waals surface area contributed by atoms with Gasteiger partial charge in [0.15, 0.2) is 0 Å². The lowest BCUT2D eigenvalue weighted by atomic mass is 10.0. The maximum atomic E-state index is 13.2. The zero-order valence-corrected chi connectivity index (χ0v) is 13.6. The molecule has 0 aromatic heterocycles. The molecule has 0 unspecified atom stereocenters. The van der Waals surface area contributed by atoms with E-state index in [-0.39, 0.29) is 25.5 Å². The number of aliphatic hydroxyl groups is 1. The van der Waals surface area contributed by atoms with E-state index in [0.29, 0.717) is 45.9 Å². The van der Waals surface area contributed by atoms with Crippen LogP contribution in [0, 0.1) is 0 Å². The Morgan fingerprint density at radius 1 is 1.21 bits per heavy atom. The highest BCUT2D eigenvalue weighted by atomic mass is 19.3. The fraction of sp³-hybridized carbons (Fsp3) is 0.933. The van der Waals surface area contributed by atoms with Gasteiger partial charge in [0.25, 0.3) is 5.92 Å². The molecule has 3 aliphatic heterocycles. The summed E-state index contributed by atoms with van der Waals surface area (Å²) < 4.78 is 37.2. The minimum Gasteiger partial charge on any atom is -0.388 e. The summed E-state index contributed by atoms with van der Waals surface area (Å²) in [7, 11) is 0. The zero-order chi connectivity index (χ0) is 17.2. The number of hydrogen-bond acceptors (Lipinski definition) is 5. The van der Waals surface area contributed by atoms with Crippen molar-refractivity contribution in [2.45, 2.75) is 37.0 Å². The van der Waals surface area contributed by atoms with E-state index in [0.717, 1.165) is 0 Å². The normalized spacial score (nSPS) is 34.3. The number of halogens is 2. The van der Waals surface area contributed by atoms with Crippen molar-refractivity contribution in [3.8, 4) is 0 Å². The van der Waals surface area contributed by atoms with Crippen molar-refractivity contribution in [3.05, 3.63) is 0 Å². The maximum Gasteiger partial charge on any atom is 0.317 e. The highest BCUT2D eigenvalue weighted by Crippen LogP contribution is 2.28. The van der Waals surface area contributed by atoms with E-state index in [1.54, 1.807) is 4.90 Å². The van der Waals surface area contributed by atoms with Crippen molar-refractivity contribution in [3.63, 3.8) is 0 Å². The Labute approximate surface area is 139 Å². The Morgan fingerprint density at radius 3 is 2.54 bits per heavy atom. The number of nitrogens with zero attached hydrogens (tertiary/aromatic N) is 2. The molecule has 3 aliphatic rings. The Morgan fingerprint density at radius 2 is 1.88 bits per heavy atom. The summed E-state index contributed by atoms with van der Waals surface area (Å²) in [5.41, 5.74) is 0. The quantitative estimate of drug-likeness (QED) is 0.744. The first-order chi connectivity index (χ1) is 11.4. The number of nitrogens with one attached hydrogen (secondary N) is 1. The van der Waals surface area contributed by atoms with Gasteiger partial charge in [0, 0.05) is 45.6 Å². The monoisotopic (exact) mass is 349 g/mol. The Kier molecular flexibility index (Phi) is 5.53. The molecule has 0 bridgehead atoms. The number of morpholine rings is 1. The molecule has 3 saturated heterocycles. The second kappa shape index (κ2) is 7.47. The standard InChI is InChI=1S/C15H25F2N3O4/c16-15(17)1-3-19(4-2-15)9-12-13(21)11(10-24-12)18-14(22)20-5-7-23-8-6-20/h11-13,21H,1-10H2,(H,18,22)/t11-,12-,13+/m0/s1. The molecule has 0 spiro atoms. The van der Waals surface area contributed by atoms with Crippen LogP contribution in [0.4, 0.5) is 13.6 Å². The van der Waals surface area contributed by atoms with Gasteiger partial charge in [-0.3, -0.25) is 0 Å². The number of ether oxygens (including phenoxy) is 2. The van der Waals surface area contributed by atoms with E-state index in [4.69, 9.17) is 9.47 Å². The summed E-state index contributed by atoms with van der Waals surface area (Å²) in [6, 6.07) is -0.708. The van der Waals surface area contributed by atoms with Crippen LogP contribution in [0.2, 0.25) is 0 Å². The van der Waals surface area contributed by atoms with Gasteiger partial charge >= 0.3 is 6.03 Å². The van der Waals surface area contributed by atoms with Crippen molar-refractivity contribution in [1.82, 2.24) is 15.1 Å². The first-order valence-corrected chi connectivity index (χ1v) is 8.48. The molecule has 3 rings (SSSR count). The molecule has 2 amide bonds. The first kappa shape index (κ1) is 17.8. The van der Waals surface area contributed by atoms with E-state index in [1.807, 2.05) is 4.90 Å². The van der Waals surface area contributed by atoms with Crippen molar-refractivity contribution >= 4 is 6.03 Å². The molecular weight excluding hydrogens is 324 g/mol. The van der Waals surface area contributed by atoms with Crippen molar-refractivity contribution < 1.29 is 28.2 Å². The highest BCUT2D eigenvalue weighted by Gasteiger charge is 2.40. The largest absolute Gasteiger partial charge is 0.388 e. The van der Waals surface area contributed by atoms with Crippen LogP contribution in [0.15, 0.2) is 0 Å². The van der Waals surface area contributed by atoms with Gasteiger partial charge in [-0.05, 0) is 0 Å². The molecule has 24 heavy (non-hydrogen) atoms. The smallest absolute Gasteiger partial charge is 0.317 e. The molecule has 9 heteroatoms. The Hall–Kier alpha value is -1.03. The van der Waals surface area contributed by atoms with E-state index in [1.165, 1.54) is 0 Å². The molecule has 0 saturated carbocycles. The number of carbonyl (C=O) groups excluding carboxylic acids is 1. The molecule has 138 valence electrons. The van der Waals surface area contributed by atoms with Crippen LogP contribution in [0.25, 0.3) is 0 Å². The average Bonchev–Trinajstić information content (AvgIpc) is 2.91. The van der Waals surface area contributed by atoms with E-state index < -0.39 is 24.2 Å². The topological polar surface area (TPSA) is 74.3 Å². The summed E-state index contributed by atoms with van der Waals surface area (Å²) >= 11 is 0. The van der Waals surface area contributed by atoms with Crippen LogP contribution < -0.4 is 5.32 Å². The van der Waals surface area contributed by atoms with Crippen molar-refractivity contribution in [1.29, 1.82) is 0 Å². The fourth-order valence-corrected chi connectivity index (χ4v) is 3.30. The fourth-order valence-electron chi connectivity index (χ4n) is 3.30. The van der Waals surface area contributed by atoms with Gasteiger partial charge in [0.2, 0.25) is 0 Å². The lowest BCUT2D eigenvalue weighted by Crippen LogP contribution is -2.53. The molecule has 3 atom stereocenters. The molecule has 0 aromatic rings. The zero-order valence-electron chi connectivity index (χ0n) is 13.6. The lowest BCUT2D eigenvalue weighted by Gasteiger charge is -2.33. The van der Waals surface area contributed by atoms with E-state index in [9.17, 15) is 18.7 Å². The van der Waals surface area contributed by atoms with Gasteiger partial charge in [-0.2, -0.15) is 0 Å². The molecule has 0 radical (unpaired) electrons. The molecular formula is C15H25F2N3O4. The van der Waals surface area contributed by atoms with Crippen LogP contribution in [0.3, 0.4) is 0 Å². The first-order valence-electron chi connectivity index (χ1n) is 8.48. The summed E-state index contributed by atoms with van der Waals surface area (Å²) in [5.74, 6) is -2.58. The van der Waals surface area contributed by atoms with Crippen molar-refractivity contribution in [2.24, 2.45) is 0 Å². The number of urea groups is 1. The maximum absolute atomic E-state index is 13.2. The van der Waals surface area contributed by atoms with Gasteiger partial charge in [-0.1, -0.05) is 0 Å². The second-order valence-electron chi connectivity index (χ2n) is 6.67. The Balaban J connectivity index is 1.44. The van der Waals surface area contributed by atoms with Gasteiger partial charge < -0.3 is 29.7 Å². The third kappa shape index (κ3) is 4.33. The lowest BCUT2D eigenvalue weighted by molar-refractivity contribution is -0.0674. The summed E-state index contributed by atoms with van der Waals surface area (Å²) in [6.07, 6.45) is -1.62. The number of hydrogen-bond donors (Lipinski definition) is 2. The SMILES string of the molecule is O=C(N[C@H]1CO[C@@H](CN2CCC(F)(F)CC2)[C@@H]1O)N1CCOCC1. The molecule has 2 N–H and O–H groups in total. The Bertz CT molecular complexity index is 438. The molecule has 3 heterocycles. The molecule has 7 nitrogen and oxygen atoms in total. The van der Waals surface area contributed by atoms with Crippen LogP contribution in [-0.2, 0) is 9.47 Å². The third-order valence-corrected chi connectivity index (χ3v) is 4.92. The highest BCUT2D eigenvalue weighted by molar-refractivity contribution is 5.74. The third-order valence-electron chi connectivity index (χ3n) is 4.92. The number of likely N-dealkylation sites (tertiary alicyclic amines) is 1. The van der Waals surface area contributed by atoms with Crippen LogP contribution in [0.5, 0.6) is 0 Å². The van der Waals surface area contributed by atoms with Crippen LogP contribution >= 0.6 is 0 Å². The minimum atomic E-state index is -2.58. The molecule has 0 aromatic carbocycles. The van der Waals surface area contributed by atoms with Crippen molar-refractivity contribution in [2.75, 3.05) is 52.5 Å². The number of alkyl halides is 2. The second-order valence-corrected chi connectivity index (χ2v) is 6.67. The van der Waals surface area contributed by atoms with Crippen LogP contribution in [-0.4, -0.2) is 97.7 Å². The molecule has 3 fully saturated rings. The summed E-state index contributed by atoms with van der Waals surface area (Å²) in [5, 5.41) is 13.2. The summed E-state index contributed by atoms with van der Waals surface area (Å²) in [6.45, 7) is 3.31.